The Hall–Kier alpha value is -3.60. The third-order valence-electron chi connectivity index (χ3n) is 5.65. The Morgan fingerprint density at radius 1 is 1.06 bits per heavy atom. The number of carboxylic acid groups (broad SMARTS) is 1. The van der Waals surface area contributed by atoms with Crippen LogP contribution in [0.4, 0.5) is 5.69 Å². The van der Waals surface area contributed by atoms with Crippen LogP contribution in [0.5, 0.6) is 17.2 Å². The maximum absolute atomic E-state index is 11.9. The third-order valence-corrected chi connectivity index (χ3v) is 5.65. The van der Waals surface area contributed by atoms with E-state index in [1.54, 1.807) is 6.21 Å². The summed E-state index contributed by atoms with van der Waals surface area (Å²) in [6.45, 7) is 11.9. The number of nitrogens with zero attached hydrogens (tertiary/aromatic N) is 1. The van der Waals surface area contributed by atoms with Gasteiger partial charge in [-0.25, -0.2) is 0 Å². The summed E-state index contributed by atoms with van der Waals surface area (Å²) in [7, 11) is 0. The van der Waals surface area contributed by atoms with Gasteiger partial charge in [-0.05, 0) is 82.0 Å². The van der Waals surface area contributed by atoms with E-state index in [0.29, 0.717) is 22.7 Å². The molecule has 0 radical (unpaired) electrons. The molecule has 0 bridgehead atoms. The Morgan fingerprint density at radius 3 is 2.48 bits per heavy atom. The Labute approximate surface area is 194 Å². The molecule has 3 aromatic rings. The lowest BCUT2D eigenvalue weighted by Gasteiger charge is -2.26. The summed E-state index contributed by atoms with van der Waals surface area (Å²) in [6.07, 6.45) is 1.65. The van der Waals surface area contributed by atoms with Gasteiger partial charge in [0, 0.05) is 22.9 Å². The van der Waals surface area contributed by atoms with Crippen LogP contribution in [0.15, 0.2) is 47.5 Å². The van der Waals surface area contributed by atoms with E-state index in [0.717, 1.165) is 39.1 Å². The van der Waals surface area contributed by atoms with Crippen LogP contribution in [0.2, 0.25) is 0 Å². The number of aliphatic carboxylic acids is 1. The molecular formula is C28H29NO4. The largest absolute Gasteiger partial charge is 0.488 e. The molecule has 1 aliphatic rings. The molecule has 4 rings (SSSR count). The van der Waals surface area contributed by atoms with E-state index in [9.17, 15) is 9.90 Å². The van der Waals surface area contributed by atoms with Crippen LogP contribution in [-0.4, -0.2) is 22.9 Å². The van der Waals surface area contributed by atoms with Gasteiger partial charge in [-0.1, -0.05) is 24.3 Å². The molecule has 1 aliphatic heterocycles. The zero-order valence-corrected chi connectivity index (χ0v) is 19.9. The van der Waals surface area contributed by atoms with E-state index in [1.165, 1.54) is 0 Å². The van der Waals surface area contributed by atoms with E-state index in [1.807, 2.05) is 84.0 Å². The second-order valence-electron chi connectivity index (χ2n) is 9.46. The highest BCUT2D eigenvalue weighted by Crippen LogP contribution is 2.49. The van der Waals surface area contributed by atoms with Crippen LogP contribution >= 0.6 is 0 Å². The fourth-order valence-corrected chi connectivity index (χ4v) is 4.21. The number of ether oxygens (including phenoxy) is 2. The molecule has 0 aromatic heterocycles. The van der Waals surface area contributed by atoms with Crippen molar-refractivity contribution in [3.05, 3.63) is 70.3 Å². The van der Waals surface area contributed by atoms with Gasteiger partial charge in [0.1, 0.15) is 22.8 Å². The van der Waals surface area contributed by atoms with Crippen molar-refractivity contribution in [2.24, 2.45) is 4.99 Å². The number of fused-ring (bicyclic) bond motifs is 2. The van der Waals surface area contributed by atoms with Crippen molar-refractivity contribution in [3.8, 4) is 28.4 Å². The number of carboxylic acids is 1. The third kappa shape index (κ3) is 4.49. The van der Waals surface area contributed by atoms with Gasteiger partial charge in [-0.3, -0.25) is 9.79 Å². The minimum Gasteiger partial charge on any atom is -0.488 e. The fourth-order valence-electron chi connectivity index (χ4n) is 4.21. The minimum absolute atomic E-state index is 0.124. The average molecular weight is 444 g/mol. The topological polar surface area (TPSA) is 68.1 Å². The standard InChI is InChI=1S/C28H29NO4/c1-16-11-12-20(23(13-16)33-28(4,5)6)25-18(3)27-26(17(2)21(25)14-24(30)31)29-15-19-9-7-8-10-22(19)32-27/h7-13,15H,14H2,1-6H3,(H,30,31). The number of hydrogen-bond acceptors (Lipinski definition) is 4. The van der Waals surface area contributed by atoms with Crippen molar-refractivity contribution < 1.29 is 19.4 Å². The molecule has 0 saturated heterocycles. The first-order chi connectivity index (χ1) is 15.5. The van der Waals surface area contributed by atoms with Crippen molar-refractivity contribution in [1.82, 2.24) is 0 Å². The Bertz CT molecular complexity index is 1280. The second kappa shape index (κ2) is 8.39. The number of benzene rings is 3. The van der Waals surface area contributed by atoms with Crippen molar-refractivity contribution in [1.29, 1.82) is 0 Å². The summed E-state index contributed by atoms with van der Waals surface area (Å²) < 4.78 is 12.7. The summed E-state index contributed by atoms with van der Waals surface area (Å²) in [4.78, 5) is 16.6. The summed E-state index contributed by atoms with van der Waals surface area (Å²) in [6, 6.07) is 13.7. The summed E-state index contributed by atoms with van der Waals surface area (Å²) >= 11 is 0. The van der Waals surface area contributed by atoms with Crippen molar-refractivity contribution in [3.63, 3.8) is 0 Å². The van der Waals surface area contributed by atoms with E-state index in [4.69, 9.17) is 14.5 Å². The van der Waals surface area contributed by atoms with Crippen LogP contribution < -0.4 is 9.47 Å². The Kier molecular flexibility index (Phi) is 5.75. The monoisotopic (exact) mass is 443 g/mol. The maximum Gasteiger partial charge on any atom is 0.307 e. The highest BCUT2D eigenvalue weighted by Gasteiger charge is 2.27. The summed E-state index contributed by atoms with van der Waals surface area (Å²) in [5.74, 6) is 1.18. The molecular weight excluding hydrogens is 414 g/mol. The van der Waals surface area contributed by atoms with Gasteiger partial charge in [0.25, 0.3) is 0 Å². The van der Waals surface area contributed by atoms with Crippen LogP contribution in [0.25, 0.3) is 11.1 Å². The first-order valence-electron chi connectivity index (χ1n) is 11.0. The normalized spacial score (nSPS) is 12.4. The van der Waals surface area contributed by atoms with Gasteiger partial charge in [-0.15, -0.1) is 0 Å². The smallest absolute Gasteiger partial charge is 0.307 e. The van der Waals surface area contributed by atoms with Gasteiger partial charge in [-0.2, -0.15) is 0 Å². The highest BCUT2D eigenvalue weighted by atomic mass is 16.5. The first kappa shape index (κ1) is 22.6. The lowest BCUT2D eigenvalue weighted by molar-refractivity contribution is -0.136. The second-order valence-corrected chi connectivity index (χ2v) is 9.46. The number of hydrogen-bond donors (Lipinski definition) is 1. The predicted molar refractivity (Wildman–Crippen MR) is 132 cm³/mol. The Morgan fingerprint density at radius 2 is 1.79 bits per heavy atom. The molecule has 0 spiro atoms. The minimum atomic E-state index is -0.897. The van der Waals surface area contributed by atoms with E-state index < -0.39 is 11.6 Å². The van der Waals surface area contributed by atoms with Crippen LogP contribution in [0.3, 0.4) is 0 Å². The SMILES string of the molecule is Cc1ccc(-c2c(C)c3c(c(C)c2CC(=O)O)N=Cc2ccccc2O3)c(OC(C)(C)C)c1. The lowest BCUT2D eigenvalue weighted by atomic mass is 9.87. The molecule has 0 unspecified atom stereocenters. The zero-order chi connectivity index (χ0) is 23.9. The molecule has 0 amide bonds. The molecule has 1 N–H and O–H groups in total. The van der Waals surface area contributed by atoms with Gasteiger partial charge < -0.3 is 14.6 Å². The molecule has 0 fully saturated rings. The average Bonchev–Trinajstić information content (AvgIpc) is 2.92. The van der Waals surface area contributed by atoms with Gasteiger partial charge in [0.2, 0.25) is 0 Å². The molecule has 33 heavy (non-hydrogen) atoms. The number of rotatable bonds is 4. The molecule has 0 aliphatic carbocycles. The van der Waals surface area contributed by atoms with Crippen molar-refractivity contribution in [2.45, 2.75) is 53.6 Å². The number of aryl methyl sites for hydroxylation is 1. The molecule has 170 valence electrons. The summed E-state index contributed by atoms with van der Waals surface area (Å²) in [5.41, 5.74) is 6.20. The van der Waals surface area contributed by atoms with E-state index in [-0.39, 0.29) is 6.42 Å². The maximum atomic E-state index is 11.9. The van der Waals surface area contributed by atoms with Crippen LogP contribution in [0, 0.1) is 20.8 Å². The summed E-state index contributed by atoms with van der Waals surface area (Å²) in [5, 5.41) is 9.75. The fraction of sp³-hybridized carbons (Fsp3) is 0.286. The van der Waals surface area contributed by atoms with Crippen LogP contribution in [-0.2, 0) is 11.2 Å². The molecule has 3 aromatic carbocycles. The first-order valence-corrected chi connectivity index (χ1v) is 11.0. The molecule has 0 atom stereocenters. The van der Waals surface area contributed by atoms with Gasteiger partial charge >= 0.3 is 5.97 Å². The zero-order valence-electron chi connectivity index (χ0n) is 19.9. The van der Waals surface area contributed by atoms with Crippen LogP contribution in [0.1, 0.15) is 48.6 Å². The number of carbonyl (C=O) groups is 1. The molecule has 0 saturated carbocycles. The lowest BCUT2D eigenvalue weighted by Crippen LogP contribution is -2.23. The quantitative estimate of drug-likeness (QED) is 0.371. The van der Waals surface area contributed by atoms with E-state index in [2.05, 4.69) is 0 Å². The van der Waals surface area contributed by atoms with E-state index >= 15 is 0 Å². The molecule has 5 nitrogen and oxygen atoms in total. The number of para-hydroxylation sites is 1. The molecule has 5 heteroatoms. The van der Waals surface area contributed by atoms with Gasteiger partial charge in [0.15, 0.2) is 5.75 Å². The van der Waals surface area contributed by atoms with Gasteiger partial charge in [0.05, 0.1) is 6.42 Å². The molecule has 1 heterocycles. The highest BCUT2D eigenvalue weighted by molar-refractivity contribution is 5.92. The van der Waals surface area contributed by atoms with Crippen molar-refractivity contribution >= 4 is 17.9 Å². The number of aliphatic imine (C=N–C) groups is 1. The predicted octanol–water partition coefficient (Wildman–Crippen LogP) is 6.94. The Balaban J connectivity index is 2.03. The van der Waals surface area contributed by atoms with Crippen molar-refractivity contribution in [2.75, 3.05) is 0 Å².